The van der Waals surface area contributed by atoms with E-state index in [4.69, 9.17) is 9.78 Å². The summed E-state index contributed by atoms with van der Waals surface area (Å²) in [4.78, 5) is 13.0. The van der Waals surface area contributed by atoms with E-state index in [0.29, 0.717) is 11.3 Å². The van der Waals surface area contributed by atoms with E-state index in [-0.39, 0.29) is 5.91 Å². The molecule has 0 spiro atoms. The number of aryl methyl sites for hydroxylation is 1. The second-order valence-corrected chi connectivity index (χ2v) is 3.02. The van der Waals surface area contributed by atoms with Gasteiger partial charge in [0.05, 0.1) is 12.3 Å². The van der Waals surface area contributed by atoms with Crippen LogP contribution >= 0.6 is 0 Å². The number of carbonyl (C=O) groups is 1. The van der Waals surface area contributed by atoms with Crippen molar-refractivity contribution in [1.82, 2.24) is 10.1 Å². The summed E-state index contributed by atoms with van der Waals surface area (Å²) >= 11 is 0. The molecule has 0 N–H and O–H groups in total. The predicted octanol–water partition coefficient (Wildman–Crippen LogP) is 0.967. The van der Waals surface area contributed by atoms with Crippen molar-refractivity contribution in [2.45, 2.75) is 19.9 Å². The Morgan fingerprint density at radius 3 is 2.86 bits per heavy atom. The maximum absolute atomic E-state index is 11.7. The summed E-state index contributed by atoms with van der Waals surface area (Å²) in [6.45, 7) is 3.31. The molecule has 14 heavy (non-hydrogen) atoms. The van der Waals surface area contributed by atoms with E-state index in [2.05, 4.69) is 5.16 Å². The minimum absolute atomic E-state index is 0.252. The summed E-state index contributed by atoms with van der Waals surface area (Å²) in [5.74, 6) is 0.213. The van der Waals surface area contributed by atoms with Crippen molar-refractivity contribution in [3.63, 3.8) is 0 Å². The van der Waals surface area contributed by atoms with Gasteiger partial charge in [-0.25, -0.2) is 0 Å². The van der Waals surface area contributed by atoms with Gasteiger partial charge in [0, 0.05) is 7.05 Å². The minimum Gasteiger partial charge on any atom is -0.361 e. The summed E-state index contributed by atoms with van der Waals surface area (Å²) in [6.07, 6.45) is 1.36. The molecule has 1 atom stereocenters. The van der Waals surface area contributed by atoms with Crippen LogP contribution in [0.25, 0.3) is 0 Å². The first-order valence-corrected chi connectivity index (χ1v) is 4.16. The van der Waals surface area contributed by atoms with Gasteiger partial charge in [0.2, 0.25) is 0 Å². The largest absolute Gasteiger partial charge is 0.361 e. The van der Waals surface area contributed by atoms with Crippen LogP contribution in [0.2, 0.25) is 0 Å². The Hall–Kier alpha value is -1.83. The van der Waals surface area contributed by atoms with Gasteiger partial charge in [-0.3, -0.25) is 4.79 Å². The molecular formula is C9H11N3O2. The smallest absolute Gasteiger partial charge is 0.259 e. The van der Waals surface area contributed by atoms with Crippen LogP contribution in [-0.2, 0) is 0 Å². The van der Waals surface area contributed by atoms with Gasteiger partial charge in [0.1, 0.15) is 17.4 Å². The fraction of sp³-hybridized carbons (Fsp3) is 0.444. The molecule has 74 valence electrons. The van der Waals surface area contributed by atoms with Crippen molar-refractivity contribution in [1.29, 1.82) is 5.26 Å². The SMILES string of the molecule is Cc1oncc1C(=O)N(C)C(C)C#N. The summed E-state index contributed by atoms with van der Waals surface area (Å²) in [6, 6.07) is 1.52. The quantitative estimate of drug-likeness (QED) is 0.701. The number of nitrogens with zero attached hydrogens (tertiary/aromatic N) is 3. The van der Waals surface area contributed by atoms with Crippen LogP contribution in [-0.4, -0.2) is 29.1 Å². The molecule has 5 heteroatoms. The zero-order chi connectivity index (χ0) is 10.7. The highest BCUT2D eigenvalue weighted by Gasteiger charge is 2.20. The van der Waals surface area contributed by atoms with Crippen molar-refractivity contribution in [2.75, 3.05) is 7.05 Å². The number of aromatic nitrogens is 1. The van der Waals surface area contributed by atoms with Gasteiger partial charge in [-0.2, -0.15) is 5.26 Å². The third kappa shape index (κ3) is 1.74. The van der Waals surface area contributed by atoms with Crippen LogP contribution in [0.1, 0.15) is 23.0 Å². The van der Waals surface area contributed by atoms with Gasteiger partial charge in [-0.05, 0) is 13.8 Å². The second-order valence-electron chi connectivity index (χ2n) is 3.02. The van der Waals surface area contributed by atoms with Gasteiger partial charge in [-0.15, -0.1) is 0 Å². The highest BCUT2D eigenvalue weighted by molar-refractivity contribution is 5.94. The fourth-order valence-corrected chi connectivity index (χ4v) is 0.956. The van der Waals surface area contributed by atoms with E-state index in [1.165, 1.54) is 11.1 Å². The van der Waals surface area contributed by atoms with Gasteiger partial charge < -0.3 is 9.42 Å². The molecule has 1 amide bonds. The lowest BCUT2D eigenvalue weighted by Gasteiger charge is -2.18. The van der Waals surface area contributed by atoms with Crippen molar-refractivity contribution in [3.05, 3.63) is 17.5 Å². The van der Waals surface area contributed by atoms with Crippen LogP contribution in [0, 0.1) is 18.3 Å². The van der Waals surface area contributed by atoms with Crippen molar-refractivity contribution >= 4 is 5.91 Å². The molecule has 1 unspecified atom stereocenters. The molecule has 1 rings (SSSR count). The molecular weight excluding hydrogens is 182 g/mol. The molecule has 0 saturated heterocycles. The van der Waals surface area contributed by atoms with E-state index >= 15 is 0 Å². The number of nitriles is 1. The molecule has 0 fully saturated rings. The van der Waals surface area contributed by atoms with Gasteiger partial charge in [0.25, 0.3) is 5.91 Å². The Kier molecular flexibility index (Phi) is 2.87. The normalized spacial score (nSPS) is 11.9. The first-order valence-electron chi connectivity index (χ1n) is 4.16. The molecule has 0 aromatic carbocycles. The summed E-state index contributed by atoms with van der Waals surface area (Å²) in [5, 5.41) is 12.1. The lowest BCUT2D eigenvalue weighted by atomic mass is 10.2. The van der Waals surface area contributed by atoms with Crippen LogP contribution in [0.15, 0.2) is 10.7 Å². The fourth-order valence-electron chi connectivity index (χ4n) is 0.956. The van der Waals surface area contributed by atoms with E-state index in [0.717, 1.165) is 0 Å². The monoisotopic (exact) mass is 193 g/mol. The van der Waals surface area contributed by atoms with Crippen LogP contribution < -0.4 is 0 Å². The zero-order valence-corrected chi connectivity index (χ0v) is 8.31. The van der Waals surface area contributed by atoms with Crippen molar-refractivity contribution in [3.8, 4) is 6.07 Å². The number of amides is 1. The minimum atomic E-state index is -0.461. The van der Waals surface area contributed by atoms with Crippen LogP contribution in [0.4, 0.5) is 0 Å². The van der Waals surface area contributed by atoms with E-state index in [1.807, 2.05) is 6.07 Å². The first-order chi connectivity index (χ1) is 6.57. The molecule has 5 nitrogen and oxygen atoms in total. The standard InChI is InChI=1S/C9H11N3O2/c1-6(4-10)12(3)9(13)8-5-11-14-7(8)2/h5-6H,1-3H3. The van der Waals surface area contributed by atoms with E-state index < -0.39 is 6.04 Å². The molecule has 0 radical (unpaired) electrons. The number of carbonyl (C=O) groups excluding carboxylic acids is 1. The van der Waals surface area contributed by atoms with Gasteiger partial charge in [0.15, 0.2) is 0 Å². The second kappa shape index (κ2) is 3.92. The average molecular weight is 193 g/mol. The topological polar surface area (TPSA) is 70.1 Å². The lowest BCUT2D eigenvalue weighted by molar-refractivity contribution is 0.0771. The predicted molar refractivity (Wildman–Crippen MR) is 48.4 cm³/mol. The highest BCUT2D eigenvalue weighted by atomic mass is 16.5. The maximum Gasteiger partial charge on any atom is 0.259 e. The molecule has 0 aliphatic rings. The molecule has 1 aromatic rings. The first kappa shape index (κ1) is 10.3. The number of hydrogen-bond acceptors (Lipinski definition) is 4. The Bertz CT molecular complexity index is 378. The third-order valence-corrected chi connectivity index (χ3v) is 2.07. The Balaban J connectivity index is 2.87. The molecule has 1 heterocycles. The summed E-state index contributed by atoms with van der Waals surface area (Å²) < 4.78 is 4.77. The Morgan fingerprint density at radius 1 is 1.79 bits per heavy atom. The summed E-state index contributed by atoms with van der Waals surface area (Å²) in [5.41, 5.74) is 0.398. The molecule has 0 aliphatic heterocycles. The molecule has 1 aromatic heterocycles. The van der Waals surface area contributed by atoms with E-state index in [9.17, 15) is 4.79 Å². The Morgan fingerprint density at radius 2 is 2.43 bits per heavy atom. The average Bonchev–Trinajstić information content (AvgIpc) is 2.61. The van der Waals surface area contributed by atoms with Crippen LogP contribution in [0.5, 0.6) is 0 Å². The third-order valence-electron chi connectivity index (χ3n) is 2.07. The number of rotatable bonds is 2. The van der Waals surface area contributed by atoms with Crippen molar-refractivity contribution in [2.24, 2.45) is 0 Å². The van der Waals surface area contributed by atoms with Crippen LogP contribution in [0.3, 0.4) is 0 Å². The maximum atomic E-state index is 11.7. The molecule has 0 aliphatic carbocycles. The number of hydrogen-bond donors (Lipinski definition) is 0. The highest BCUT2D eigenvalue weighted by Crippen LogP contribution is 2.10. The van der Waals surface area contributed by atoms with Gasteiger partial charge in [-0.1, -0.05) is 5.16 Å². The zero-order valence-electron chi connectivity index (χ0n) is 8.31. The van der Waals surface area contributed by atoms with Crippen molar-refractivity contribution < 1.29 is 9.32 Å². The van der Waals surface area contributed by atoms with E-state index in [1.54, 1.807) is 20.9 Å². The molecule has 0 saturated carbocycles. The molecule has 0 bridgehead atoms. The summed E-state index contributed by atoms with van der Waals surface area (Å²) in [7, 11) is 1.57. The lowest BCUT2D eigenvalue weighted by Crippen LogP contribution is -2.34. The Labute approximate surface area is 81.9 Å². The van der Waals surface area contributed by atoms with Gasteiger partial charge >= 0.3 is 0 Å².